The highest BCUT2D eigenvalue weighted by molar-refractivity contribution is 5.87. The highest BCUT2D eigenvalue weighted by atomic mass is 16.6. The van der Waals surface area contributed by atoms with Crippen molar-refractivity contribution in [2.45, 2.75) is 26.1 Å². The van der Waals surface area contributed by atoms with Gasteiger partial charge in [0, 0.05) is 0 Å². The van der Waals surface area contributed by atoms with Crippen molar-refractivity contribution in [1.82, 2.24) is 0 Å². The summed E-state index contributed by atoms with van der Waals surface area (Å²) in [6.45, 7) is 3.38. The molecule has 5 nitrogen and oxygen atoms in total. The molecule has 0 aliphatic carbocycles. The van der Waals surface area contributed by atoms with E-state index in [0.29, 0.717) is 5.75 Å². The predicted octanol–water partition coefficient (Wildman–Crippen LogP) is 3.29. The molecule has 0 amide bonds. The van der Waals surface area contributed by atoms with E-state index in [1.54, 1.807) is 13.8 Å². The van der Waals surface area contributed by atoms with Gasteiger partial charge in [0.15, 0.2) is 5.60 Å². The highest BCUT2D eigenvalue weighted by Gasteiger charge is 2.32. The number of carbonyl (C=O) groups excluding carboxylic acids is 1. The van der Waals surface area contributed by atoms with Crippen LogP contribution < -0.4 is 4.74 Å². The fourth-order valence-electron chi connectivity index (χ4n) is 1.90. The Hall–Kier alpha value is -2.82. The van der Waals surface area contributed by atoms with E-state index < -0.39 is 17.5 Å². The first-order valence-corrected chi connectivity index (χ1v) is 7.12. The van der Waals surface area contributed by atoms with Crippen molar-refractivity contribution in [1.29, 1.82) is 0 Å². The van der Waals surface area contributed by atoms with Gasteiger partial charge in [0.1, 0.15) is 12.4 Å². The number of aromatic carboxylic acids is 1. The first-order chi connectivity index (χ1) is 10.9. The van der Waals surface area contributed by atoms with E-state index in [4.69, 9.17) is 14.6 Å². The molecule has 23 heavy (non-hydrogen) atoms. The summed E-state index contributed by atoms with van der Waals surface area (Å²) >= 11 is 0. The van der Waals surface area contributed by atoms with Crippen LogP contribution in [-0.4, -0.2) is 22.6 Å². The van der Waals surface area contributed by atoms with Gasteiger partial charge in [0.25, 0.3) is 0 Å². The van der Waals surface area contributed by atoms with Crippen LogP contribution in [0.15, 0.2) is 54.6 Å². The molecule has 0 saturated heterocycles. The molecule has 120 valence electrons. The Kier molecular flexibility index (Phi) is 5.01. The van der Waals surface area contributed by atoms with Crippen LogP contribution in [0.2, 0.25) is 0 Å². The third-order valence-electron chi connectivity index (χ3n) is 3.18. The number of carboxylic acids is 1. The summed E-state index contributed by atoms with van der Waals surface area (Å²) in [6, 6.07) is 15.2. The number of rotatable bonds is 6. The minimum absolute atomic E-state index is 0.154. The molecule has 2 rings (SSSR count). The monoisotopic (exact) mass is 314 g/mol. The molecule has 0 aliphatic rings. The van der Waals surface area contributed by atoms with Crippen LogP contribution in [0.25, 0.3) is 0 Å². The van der Waals surface area contributed by atoms with Gasteiger partial charge in [0.05, 0.1) is 5.56 Å². The Morgan fingerprint density at radius 3 is 2.17 bits per heavy atom. The van der Waals surface area contributed by atoms with Crippen molar-refractivity contribution < 1.29 is 24.2 Å². The van der Waals surface area contributed by atoms with Crippen LogP contribution in [0.1, 0.15) is 29.8 Å². The maximum absolute atomic E-state index is 12.2. The average Bonchev–Trinajstić information content (AvgIpc) is 2.53. The van der Waals surface area contributed by atoms with E-state index in [9.17, 15) is 9.59 Å². The van der Waals surface area contributed by atoms with Gasteiger partial charge < -0.3 is 14.6 Å². The largest absolute Gasteiger partial charge is 0.478 e. The fourth-order valence-corrected chi connectivity index (χ4v) is 1.90. The summed E-state index contributed by atoms with van der Waals surface area (Å²) in [6.07, 6.45) is 0. The summed E-state index contributed by atoms with van der Waals surface area (Å²) in [5, 5.41) is 8.86. The summed E-state index contributed by atoms with van der Waals surface area (Å²) < 4.78 is 10.9. The van der Waals surface area contributed by atoms with Crippen molar-refractivity contribution in [2.75, 3.05) is 0 Å². The quantitative estimate of drug-likeness (QED) is 0.828. The Morgan fingerprint density at radius 1 is 1.00 bits per heavy atom. The lowest BCUT2D eigenvalue weighted by Crippen LogP contribution is -2.39. The molecule has 0 radical (unpaired) electrons. The average molecular weight is 314 g/mol. The maximum Gasteiger partial charge on any atom is 0.350 e. The van der Waals surface area contributed by atoms with Gasteiger partial charge in [-0.1, -0.05) is 30.3 Å². The third kappa shape index (κ3) is 4.57. The van der Waals surface area contributed by atoms with Gasteiger partial charge in [-0.2, -0.15) is 0 Å². The molecular formula is C18H18O5. The summed E-state index contributed by atoms with van der Waals surface area (Å²) in [5.41, 5.74) is -0.135. The van der Waals surface area contributed by atoms with Crippen LogP contribution in [0, 0.1) is 0 Å². The Balaban J connectivity index is 1.97. The first-order valence-electron chi connectivity index (χ1n) is 7.12. The van der Waals surface area contributed by atoms with Gasteiger partial charge >= 0.3 is 11.9 Å². The van der Waals surface area contributed by atoms with Gasteiger partial charge in [-0.05, 0) is 43.7 Å². The zero-order chi connectivity index (χ0) is 16.9. The summed E-state index contributed by atoms with van der Waals surface area (Å²) in [5.74, 6) is -1.11. The number of hydrogen-bond donors (Lipinski definition) is 1. The number of carbonyl (C=O) groups is 2. The van der Waals surface area contributed by atoms with Crippen LogP contribution in [0.3, 0.4) is 0 Å². The molecular weight excluding hydrogens is 296 g/mol. The SMILES string of the molecule is CC(C)(Oc1ccc(C(=O)O)cc1)C(=O)OCc1ccccc1. The molecule has 0 unspecified atom stereocenters. The van der Waals surface area contributed by atoms with E-state index >= 15 is 0 Å². The zero-order valence-corrected chi connectivity index (χ0v) is 13.0. The van der Waals surface area contributed by atoms with Gasteiger partial charge in [-0.25, -0.2) is 9.59 Å². The van der Waals surface area contributed by atoms with E-state index in [1.807, 2.05) is 30.3 Å². The fraction of sp³-hybridized carbons (Fsp3) is 0.222. The van der Waals surface area contributed by atoms with E-state index in [2.05, 4.69) is 0 Å². The van der Waals surface area contributed by atoms with Crippen molar-refractivity contribution in [3.05, 3.63) is 65.7 Å². The predicted molar refractivity (Wildman–Crippen MR) is 84.3 cm³/mol. The number of hydrogen-bond acceptors (Lipinski definition) is 4. The van der Waals surface area contributed by atoms with Crippen LogP contribution in [0.5, 0.6) is 5.75 Å². The van der Waals surface area contributed by atoms with E-state index in [0.717, 1.165) is 5.56 Å². The minimum Gasteiger partial charge on any atom is -0.478 e. The lowest BCUT2D eigenvalue weighted by Gasteiger charge is -2.24. The second-order valence-corrected chi connectivity index (χ2v) is 5.50. The number of esters is 1. The topological polar surface area (TPSA) is 72.8 Å². The van der Waals surface area contributed by atoms with Crippen molar-refractivity contribution in [2.24, 2.45) is 0 Å². The molecule has 2 aromatic rings. The third-order valence-corrected chi connectivity index (χ3v) is 3.18. The molecule has 0 aromatic heterocycles. The molecule has 2 aromatic carbocycles. The van der Waals surface area contributed by atoms with E-state index in [-0.39, 0.29) is 12.2 Å². The van der Waals surface area contributed by atoms with Gasteiger partial charge in [0.2, 0.25) is 0 Å². The van der Waals surface area contributed by atoms with Gasteiger partial charge in [-0.15, -0.1) is 0 Å². The molecule has 1 N–H and O–H groups in total. The molecule has 0 bridgehead atoms. The number of ether oxygens (including phenoxy) is 2. The molecule has 0 saturated carbocycles. The molecule has 0 heterocycles. The van der Waals surface area contributed by atoms with Crippen LogP contribution in [-0.2, 0) is 16.1 Å². The second-order valence-electron chi connectivity index (χ2n) is 5.50. The minimum atomic E-state index is -1.18. The standard InChI is InChI=1S/C18H18O5/c1-18(2,17(21)22-12-13-6-4-3-5-7-13)23-15-10-8-14(9-11-15)16(19)20/h3-11H,12H2,1-2H3,(H,19,20). The van der Waals surface area contributed by atoms with Gasteiger partial charge in [-0.3, -0.25) is 0 Å². The van der Waals surface area contributed by atoms with Crippen molar-refractivity contribution in [3.8, 4) is 5.75 Å². The lowest BCUT2D eigenvalue weighted by molar-refractivity contribution is -0.160. The summed E-state index contributed by atoms with van der Waals surface area (Å²) in [4.78, 5) is 23.0. The lowest BCUT2D eigenvalue weighted by atomic mass is 10.1. The zero-order valence-electron chi connectivity index (χ0n) is 13.0. The van der Waals surface area contributed by atoms with Crippen LogP contribution in [0.4, 0.5) is 0 Å². The number of carboxylic acid groups (broad SMARTS) is 1. The summed E-state index contributed by atoms with van der Waals surface area (Å²) in [7, 11) is 0. The number of benzene rings is 2. The molecule has 5 heteroatoms. The normalized spacial score (nSPS) is 10.9. The molecule has 0 spiro atoms. The highest BCUT2D eigenvalue weighted by Crippen LogP contribution is 2.20. The van der Waals surface area contributed by atoms with Crippen molar-refractivity contribution in [3.63, 3.8) is 0 Å². The maximum atomic E-state index is 12.2. The first kappa shape index (κ1) is 16.5. The Morgan fingerprint density at radius 2 is 1.61 bits per heavy atom. The van der Waals surface area contributed by atoms with Crippen molar-refractivity contribution >= 4 is 11.9 Å². The smallest absolute Gasteiger partial charge is 0.350 e. The molecule has 0 fully saturated rings. The molecule has 0 aliphatic heterocycles. The van der Waals surface area contributed by atoms with Crippen LogP contribution >= 0.6 is 0 Å². The molecule has 0 atom stereocenters. The second kappa shape index (κ2) is 6.96. The van der Waals surface area contributed by atoms with E-state index in [1.165, 1.54) is 24.3 Å². The Bertz CT molecular complexity index is 674. The Labute approximate surface area is 134 Å².